The number of likely N-dealkylation sites (tertiary alicyclic amines) is 1. The van der Waals surface area contributed by atoms with E-state index in [1.807, 2.05) is 31.7 Å². The zero-order chi connectivity index (χ0) is 16.6. The average Bonchev–Trinajstić information content (AvgIpc) is 3.30. The number of carbonyl (C=O) groups is 1. The Bertz CT molecular complexity index is 582. The van der Waals surface area contributed by atoms with E-state index in [9.17, 15) is 4.79 Å². The molecule has 2 aliphatic rings. The zero-order valence-electron chi connectivity index (χ0n) is 14.3. The molecule has 1 saturated carbocycles. The van der Waals surface area contributed by atoms with Crippen LogP contribution in [-0.4, -0.2) is 34.7 Å². The van der Waals surface area contributed by atoms with Gasteiger partial charge in [-0.25, -0.2) is 9.78 Å². The van der Waals surface area contributed by atoms with Crippen LogP contribution in [0.4, 0.5) is 10.6 Å². The van der Waals surface area contributed by atoms with E-state index in [1.165, 1.54) is 24.1 Å². The lowest BCUT2D eigenvalue weighted by Crippen LogP contribution is -2.41. The van der Waals surface area contributed by atoms with Crippen LogP contribution >= 0.6 is 0 Å². The van der Waals surface area contributed by atoms with Crippen LogP contribution in [0.5, 0.6) is 0 Å². The summed E-state index contributed by atoms with van der Waals surface area (Å²) in [4.78, 5) is 18.6. The Kier molecular flexibility index (Phi) is 4.21. The van der Waals surface area contributed by atoms with Crippen LogP contribution in [0.15, 0.2) is 12.1 Å². The lowest BCUT2D eigenvalue weighted by molar-refractivity contribution is 0.0204. The number of hydrogen-bond acceptors (Lipinski definition) is 4. The first-order valence-corrected chi connectivity index (χ1v) is 8.58. The number of nitrogen functional groups attached to an aromatic ring is 1. The second-order valence-corrected chi connectivity index (χ2v) is 7.73. The van der Waals surface area contributed by atoms with Gasteiger partial charge in [-0.05, 0) is 64.0 Å². The molecule has 5 heteroatoms. The SMILES string of the molecule is CC(C)(C)OC(=O)N1CCC(c2ccc(N)nc2C2CC2)CC1. The average molecular weight is 317 g/mol. The van der Waals surface area contributed by atoms with E-state index in [1.54, 1.807) is 0 Å². The Morgan fingerprint density at radius 2 is 1.83 bits per heavy atom. The largest absolute Gasteiger partial charge is 0.444 e. The summed E-state index contributed by atoms with van der Waals surface area (Å²) in [5, 5.41) is 0. The summed E-state index contributed by atoms with van der Waals surface area (Å²) in [5.74, 6) is 1.68. The first-order chi connectivity index (χ1) is 10.8. The summed E-state index contributed by atoms with van der Waals surface area (Å²) in [6.07, 6.45) is 4.17. The minimum absolute atomic E-state index is 0.200. The van der Waals surface area contributed by atoms with Crippen LogP contribution in [0.3, 0.4) is 0 Å². The van der Waals surface area contributed by atoms with Crippen molar-refractivity contribution in [2.75, 3.05) is 18.8 Å². The van der Waals surface area contributed by atoms with Gasteiger partial charge < -0.3 is 15.4 Å². The highest BCUT2D eigenvalue weighted by Crippen LogP contribution is 2.44. The number of aromatic nitrogens is 1. The third-order valence-electron chi connectivity index (χ3n) is 4.53. The normalized spacial score (nSPS) is 19.7. The van der Waals surface area contributed by atoms with Crippen molar-refractivity contribution in [2.45, 2.75) is 63.9 Å². The Labute approximate surface area is 138 Å². The van der Waals surface area contributed by atoms with Gasteiger partial charge in [0.1, 0.15) is 11.4 Å². The minimum Gasteiger partial charge on any atom is -0.444 e. The topological polar surface area (TPSA) is 68.5 Å². The number of carbonyl (C=O) groups excluding carboxylic acids is 1. The molecule has 0 atom stereocenters. The maximum atomic E-state index is 12.2. The predicted molar refractivity (Wildman–Crippen MR) is 90.4 cm³/mol. The van der Waals surface area contributed by atoms with Crippen LogP contribution < -0.4 is 5.73 Å². The standard InChI is InChI=1S/C18H27N3O2/c1-18(2,3)23-17(22)21-10-8-12(9-11-21)14-6-7-15(19)20-16(14)13-4-5-13/h6-7,12-13H,4-5,8-11H2,1-3H3,(H2,19,20). The van der Waals surface area contributed by atoms with Crippen molar-refractivity contribution in [1.29, 1.82) is 0 Å². The van der Waals surface area contributed by atoms with Gasteiger partial charge in [-0.15, -0.1) is 0 Å². The summed E-state index contributed by atoms with van der Waals surface area (Å²) in [6.45, 7) is 7.20. The molecule has 23 heavy (non-hydrogen) atoms. The molecule has 0 spiro atoms. The number of amides is 1. The van der Waals surface area contributed by atoms with Crippen molar-refractivity contribution in [1.82, 2.24) is 9.88 Å². The van der Waals surface area contributed by atoms with E-state index < -0.39 is 5.60 Å². The third kappa shape index (κ3) is 3.95. The van der Waals surface area contributed by atoms with E-state index in [-0.39, 0.29) is 6.09 Å². The fourth-order valence-electron chi connectivity index (χ4n) is 3.23. The van der Waals surface area contributed by atoms with Gasteiger partial charge in [0.25, 0.3) is 0 Å². The molecule has 0 aromatic carbocycles. The van der Waals surface area contributed by atoms with Crippen LogP contribution in [0.2, 0.25) is 0 Å². The summed E-state index contributed by atoms with van der Waals surface area (Å²) < 4.78 is 5.46. The number of nitrogens with two attached hydrogens (primary N) is 1. The molecule has 3 rings (SSSR count). The molecular formula is C18H27N3O2. The Hall–Kier alpha value is -1.78. The molecule has 2 N–H and O–H groups in total. The molecule has 0 bridgehead atoms. The Morgan fingerprint density at radius 3 is 2.39 bits per heavy atom. The van der Waals surface area contributed by atoms with Crippen molar-refractivity contribution in [3.8, 4) is 0 Å². The first kappa shape index (κ1) is 16.1. The first-order valence-electron chi connectivity index (χ1n) is 8.58. The van der Waals surface area contributed by atoms with Crippen LogP contribution in [0, 0.1) is 0 Å². The van der Waals surface area contributed by atoms with Gasteiger partial charge in [0, 0.05) is 24.7 Å². The second kappa shape index (κ2) is 6.02. The minimum atomic E-state index is -0.437. The molecule has 1 saturated heterocycles. The molecule has 1 aliphatic carbocycles. The van der Waals surface area contributed by atoms with E-state index >= 15 is 0 Å². The van der Waals surface area contributed by atoms with Crippen molar-refractivity contribution < 1.29 is 9.53 Å². The van der Waals surface area contributed by atoms with Crippen molar-refractivity contribution >= 4 is 11.9 Å². The Balaban J connectivity index is 1.64. The molecule has 1 aliphatic heterocycles. The van der Waals surface area contributed by atoms with Crippen LogP contribution in [0.25, 0.3) is 0 Å². The molecule has 0 radical (unpaired) electrons. The number of nitrogens with zero attached hydrogens (tertiary/aromatic N) is 2. The highest BCUT2D eigenvalue weighted by Gasteiger charge is 2.33. The Morgan fingerprint density at radius 1 is 1.17 bits per heavy atom. The quantitative estimate of drug-likeness (QED) is 0.904. The van der Waals surface area contributed by atoms with Crippen molar-refractivity contribution in [3.63, 3.8) is 0 Å². The molecule has 0 unspecified atom stereocenters. The number of anilines is 1. The third-order valence-corrected chi connectivity index (χ3v) is 4.53. The maximum absolute atomic E-state index is 12.2. The lowest BCUT2D eigenvalue weighted by Gasteiger charge is -2.34. The molecule has 2 fully saturated rings. The van der Waals surface area contributed by atoms with Gasteiger partial charge >= 0.3 is 6.09 Å². The van der Waals surface area contributed by atoms with Gasteiger partial charge in [-0.1, -0.05) is 6.07 Å². The summed E-state index contributed by atoms with van der Waals surface area (Å²) in [7, 11) is 0. The predicted octanol–water partition coefficient (Wildman–Crippen LogP) is 3.66. The lowest BCUT2D eigenvalue weighted by atomic mass is 9.87. The number of hydrogen-bond donors (Lipinski definition) is 1. The molecule has 126 valence electrons. The molecule has 1 aromatic heterocycles. The summed E-state index contributed by atoms with van der Waals surface area (Å²) in [6, 6.07) is 4.05. The van der Waals surface area contributed by atoms with Gasteiger partial charge in [0.15, 0.2) is 0 Å². The van der Waals surface area contributed by atoms with Crippen molar-refractivity contribution in [2.24, 2.45) is 0 Å². The van der Waals surface area contributed by atoms with Gasteiger partial charge in [-0.3, -0.25) is 0 Å². The monoisotopic (exact) mass is 317 g/mol. The van der Waals surface area contributed by atoms with E-state index in [4.69, 9.17) is 10.5 Å². The molecule has 1 aromatic rings. The number of piperidine rings is 1. The highest BCUT2D eigenvalue weighted by atomic mass is 16.6. The number of rotatable bonds is 2. The maximum Gasteiger partial charge on any atom is 0.410 e. The summed E-state index contributed by atoms with van der Waals surface area (Å²) in [5.41, 5.74) is 7.96. The van der Waals surface area contributed by atoms with Crippen LogP contribution in [-0.2, 0) is 4.74 Å². The smallest absolute Gasteiger partial charge is 0.410 e. The van der Waals surface area contributed by atoms with E-state index in [0.717, 1.165) is 25.9 Å². The fraction of sp³-hybridized carbons (Fsp3) is 0.667. The molecule has 5 nitrogen and oxygen atoms in total. The summed E-state index contributed by atoms with van der Waals surface area (Å²) >= 11 is 0. The number of ether oxygens (including phenoxy) is 1. The zero-order valence-corrected chi connectivity index (χ0v) is 14.3. The fourth-order valence-corrected chi connectivity index (χ4v) is 3.23. The van der Waals surface area contributed by atoms with Gasteiger partial charge in [0.05, 0.1) is 0 Å². The van der Waals surface area contributed by atoms with E-state index in [0.29, 0.717) is 17.7 Å². The molecule has 1 amide bonds. The van der Waals surface area contributed by atoms with E-state index in [2.05, 4.69) is 11.1 Å². The number of pyridine rings is 1. The van der Waals surface area contributed by atoms with Crippen LogP contribution in [0.1, 0.15) is 69.5 Å². The second-order valence-electron chi connectivity index (χ2n) is 7.73. The molecular weight excluding hydrogens is 290 g/mol. The van der Waals surface area contributed by atoms with Crippen molar-refractivity contribution in [3.05, 3.63) is 23.4 Å². The highest BCUT2D eigenvalue weighted by molar-refractivity contribution is 5.68. The molecule has 2 heterocycles. The van der Waals surface area contributed by atoms with Gasteiger partial charge in [-0.2, -0.15) is 0 Å². The van der Waals surface area contributed by atoms with Gasteiger partial charge in [0.2, 0.25) is 0 Å².